The summed E-state index contributed by atoms with van der Waals surface area (Å²) in [4.78, 5) is 0. The molecular formula is C5H8BrN3O2S. The topological polar surface area (TPSA) is 78.0 Å². The SMILES string of the molecule is CCn1ncc(Br)c1S(N)(=O)=O. The summed E-state index contributed by atoms with van der Waals surface area (Å²) in [7, 11) is -3.68. The first-order valence-corrected chi connectivity index (χ1v) is 5.55. The van der Waals surface area contributed by atoms with Crippen molar-refractivity contribution in [2.75, 3.05) is 0 Å². The van der Waals surface area contributed by atoms with Crippen LogP contribution in [0.3, 0.4) is 0 Å². The third-order valence-electron chi connectivity index (χ3n) is 1.32. The minimum Gasteiger partial charge on any atom is -0.252 e. The van der Waals surface area contributed by atoms with Gasteiger partial charge in [-0.25, -0.2) is 13.6 Å². The summed E-state index contributed by atoms with van der Waals surface area (Å²) < 4.78 is 23.7. The van der Waals surface area contributed by atoms with Crippen molar-refractivity contribution in [3.05, 3.63) is 10.7 Å². The summed E-state index contributed by atoms with van der Waals surface area (Å²) in [5, 5.41) is 8.79. The number of hydrogen-bond donors (Lipinski definition) is 1. The van der Waals surface area contributed by atoms with Crippen LogP contribution in [0.4, 0.5) is 0 Å². The second-order valence-electron chi connectivity index (χ2n) is 2.16. The average Bonchev–Trinajstić information content (AvgIpc) is 2.29. The Labute approximate surface area is 78.7 Å². The van der Waals surface area contributed by atoms with E-state index in [1.54, 1.807) is 6.92 Å². The van der Waals surface area contributed by atoms with E-state index in [4.69, 9.17) is 5.14 Å². The van der Waals surface area contributed by atoms with Crippen LogP contribution in [0.5, 0.6) is 0 Å². The van der Waals surface area contributed by atoms with Crippen molar-refractivity contribution in [2.45, 2.75) is 18.5 Å². The molecule has 0 atom stereocenters. The third kappa shape index (κ3) is 1.67. The van der Waals surface area contributed by atoms with Gasteiger partial charge in [0.15, 0.2) is 5.03 Å². The standard InChI is InChI=1S/C5H8BrN3O2S/c1-2-9-5(12(7,10)11)4(6)3-8-9/h3H,2H2,1H3,(H2,7,10,11). The summed E-state index contributed by atoms with van der Waals surface area (Å²) in [6.45, 7) is 2.26. The molecule has 7 heteroatoms. The van der Waals surface area contributed by atoms with Crippen molar-refractivity contribution >= 4 is 26.0 Å². The molecule has 0 aromatic carbocycles. The van der Waals surface area contributed by atoms with Gasteiger partial charge in [0.2, 0.25) is 0 Å². The maximum Gasteiger partial charge on any atom is 0.256 e. The molecule has 1 aromatic rings. The summed E-state index contributed by atoms with van der Waals surface area (Å²) in [5.41, 5.74) is 0. The molecule has 0 aliphatic heterocycles. The molecule has 0 saturated heterocycles. The van der Waals surface area contributed by atoms with Gasteiger partial charge >= 0.3 is 0 Å². The molecule has 0 radical (unpaired) electrons. The van der Waals surface area contributed by atoms with Crippen molar-refractivity contribution in [1.82, 2.24) is 9.78 Å². The van der Waals surface area contributed by atoms with Gasteiger partial charge in [-0.15, -0.1) is 0 Å². The van der Waals surface area contributed by atoms with E-state index in [0.29, 0.717) is 11.0 Å². The van der Waals surface area contributed by atoms with Gasteiger partial charge in [0.25, 0.3) is 10.0 Å². The third-order valence-corrected chi connectivity index (χ3v) is 3.13. The number of hydrogen-bond acceptors (Lipinski definition) is 3. The smallest absolute Gasteiger partial charge is 0.252 e. The molecule has 2 N–H and O–H groups in total. The van der Waals surface area contributed by atoms with Crippen LogP contribution in [0.1, 0.15) is 6.92 Å². The van der Waals surface area contributed by atoms with Crippen molar-refractivity contribution in [2.24, 2.45) is 5.14 Å². The van der Waals surface area contributed by atoms with Crippen LogP contribution in [0, 0.1) is 0 Å². The molecular weight excluding hydrogens is 246 g/mol. The molecule has 1 aromatic heterocycles. The lowest BCUT2D eigenvalue weighted by molar-refractivity contribution is 0.554. The van der Waals surface area contributed by atoms with Gasteiger partial charge in [-0.2, -0.15) is 5.10 Å². The second-order valence-corrected chi connectivity index (χ2v) is 4.49. The van der Waals surface area contributed by atoms with Crippen LogP contribution in [0.25, 0.3) is 0 Å². The Morgan fingerprint density at radius 2 is 2.33 bits per heavy atom. The highest BCUT2D eigenvalue weighted by molar-refractivity contribution is 9.10. The molecule has 5 nitrogen and oxygen atoms in total. The lowest BCUT2D eigenvalue weighted by atomic mass is 10.7. The summed E-state index contributed by atoms with van der Waals surface area (Å²) in [6, 6.07) is 0. The minimum atomic E-state index is -3.68. The quantitative estimate of drug-likeness (QED) is 0.825. The first kappa shape index (κ1) is 9.69. The zero-order valence-electron chi connectivity index (χ0n) is 6.36. The molecule has 0 aliphatic rings. The van der Waals surface area contributed by atoms with Gasteiger partial charge in [-0.05, 0) is 22.9 Å². The molecule has 0 spiro atoms. The van der Waals surface area contributed by atoms with Gasteiger partial charge in [0.05, 0.1) is 10.7 Å². The Kier molecular flexibility index (Phi) is 2.55. The number of sulfonamides is 1. The van der Waals surface area contributed by atoms with E-state index in [1.165, 1.54) is 10.9 Å². The molecule has 1 rings (SSSR count). The summed E-state index contributed by atoms with van der Waals surface area (Å²) in [6.07, 6.45) is 1.41. The minimum absolute atomic E-state index is 0.0185. The highest BCUT2D eigenvalue weighted by Crippen LogP contribution is 2.19. The van der Waals surface area contributed by atoms with Crippen LogP contribution in [0.15, 0.2) is 15.7 Å². The van der Waals surface area contributed by atoms with Crippen molar-refractivity contribution in [3.8, 4) is 0 Å². The monoisotopic (exact) mass is 253 g/mol. The van der Waals surface area contributed by atoms with Crippen LogP contribution >= 0.6 is 15.9 Å². The predicted octanol–water partition coefficient (Wildman–Crippen LogP) is 0.313. The molecule has 68 valence electrons. The Hall–Kier alpha value is -0.400. The largest absolute Gasteiger partial charge is 0.256 e. The molecule has 0 bridgehead atoms. The van der Waals surface area contributed by atoms with Crippen LogP contribution in [-0.4, -0.2) is 18.2 Å². The Bertz CT molecular complexity index is 383. The predicted molar refractivity (Wildman–Crippen MR) is 47.0 cm³/mol. The number of aryl methyl sites for hydroxylation is 1. The van der Waals surface area contributed by atoms with Gasteiger partial charge in [-0.3, -0.25) is 4.68 Å². The zero-order chi connectivity index (χ0) is 9.35. The molecule has 0 fully saturated rings. The second kappa shape index (κ2) is 3.15. The summed E-state index contributed by atoms with van der Waals surface area (Å²) in [5.74, 6) is 0. The number of halogens is 1. The van der Waals surface area contributed by atoms with Gasteiger partial charge < -0.3 is 0 Å². The van der Waals surface area contributed by atoms with E-state index in [2.05, 4.69) is 21.0 Å². The Morgan fingerprint density at radius 3 is 2.67 bits per heavy atom. The lowest BCUT2D eigenvalue weighted by Gasteiger charge is -2.01. The first-order chi connectivity index (χ1) is 5.46. The van der Waals surface area contributed by atoms with E-state index >= 15 is 0 Å². The number of rotatable bonds is 2. The molecule has 0 unspecified atom stereocenters. The van der Waals surface area contributed by atoms with E-state index < -0.39 is 10.0 Å². The number of primary sulfonamides is 1. The van der Waals surface area contributed by atoms with Crippen LogP contribution in [-0.2, 0) is 16.6 Å². The lowest BCUT2D eigenvalue weighted by Crippen LogP contribution is -2.18. The normalized spacial score (nSPS) is 11.9. The van der Waals surface area contributed by atoms with E-state index in [9.17, 15) is 8.42 Å². The van der Waals surface area contributed by atoms with Gasteiger partial charge in [0, 0.05) is 6.54 Å². The fourth-order valence-corrected chi connectivity index (χ4v) is 2.63. The average molecular weight is 254 g/mol. The van der Waals surface area contributed by atoms with Gasteiger partial charge in [-0.1, -0.05) is 0 Å². The van der Waals surface area contributed by atoms with Crippen molar-refractivity contribution < 1.29 is 8.42 Å². The molecule has 0 amide bonds. The molecule has 0 saturated carbocycles. The van der Waals surface area contributed by atoms with Crippen molar-refractivity contribution in [3.63, 3.8) is 0 Å². The fourth-order valence-electron chi connectivity index (χ4n) is 0.859. The van der Waals surface area contributed by atoms with E-state index in [-0.39, 0.29) is 5.03 Å². The van der Waals surface area contributed by atoms with E-state index in [0.717, 1.165) is 0 Å². The Balaban J connectivity index is 3.39. The van der Waals surface area contributed by atoms with Crippen LogP contribution in [0.2, 0.25) is 0 Å². The fraction of sp³-hybridized carbons (Fsp3) is 0.400. The van der Waals surface area contributed by atoms with Crippen LogP contribution < -0.4 is 5.14 Å². The number of nitrogens with zero attached hydrogens (tertiary/aromatic N) is 2. The van der Waals surface area contributed by atoms with Gasteiger partial charge in [0.1, 0.15) is 0 Å². The highest BCUT2D eigenvalue weighted by atomic mass is 79.9. The summed E-state index contributed by atoms with van der Waals surface area (Å²) >= 11 is 3.05. The molecule has 0 aliphatic carbocycles. The molecule has 12 heavy (non-hydrogen) atoms. The first-order valence-electron chi connectivity index (χ1n) is 3.21. The number of nitrogens with two attached hydrogens (primary N) is 1. The Morgan fingerprint density at radius 1 is 1.75 bits per heavy atom. The maximum atomic E-state index is 11.0. The number of aromatic nitrogens is 2. The zero-order valence-corrected chi connectivity index (χ0v) is 8.76. The van der Waals surface area contributed by atoms with E-state index in [1.807, 2.05) is 0 Å². The maximum absolute atomic E-state index is 11.0. The molecule has 1 heterocycles. The van der Waals surface area contributed by atoms with Crippen molar-refractivity contribution in [1.29, 1.82) is 0 Å². The highest BCUT2D eigenvalue weighted by Gasteiger charge is 2.18.